The van der Waals surface area contributed by atoms with E-state index in [0.29, 0.717) is 58.7 Å². The van der Waals surface area contributed by atoms with Gasteiger partial charge in [0.15, 0.2) is 34.9 Å². The molecule has 0 aromatic heterocycles. The summed E-state index contributed by atoms with van der Waals surface area (Å²) in [7, 11) is 4.25. The third-order valence-electron chi connectivity index (χ3n) is 6.89. The van der Waals surface area contributed by atoms with Crippen LogP contribution in [0.5, 0.6) is 34.5 Å². The third kappa shape index (κ3) is 15.5. The normalized spacial score (nSPS) is 11.0. The maximum absolute atomic E-state index is 12.4. The molecule has 0 atom stereocenters. The van der Waals surface area contributed by atoms with Gasteiger partial charge in [0.05, 0.1) is 55.7 Å². The predicted molar refractivity (Wildman–Crippen MR) is 205 cm³/mol. The molecule has 18 nitrogen and oxygen atoms in total. The zero-order chi connectivity index (χ0) is 41.0. The van der Waals surface area contributed by atoms with Gasteiger partial charge < -0.3 is 39.9 Å². The van der Waals surface area contributed by atoms with Crippen LogP contribution in [-0.4, -0.2) is 83.9 Å². The fourth-order valence-electron chi connectivity index (χ4n) is 4.40. The predicted octanol–water partition coefficient (Wildman–Crippen LogP) is 3.26. The molecular weight excluding hydrogens is 740 g/mol. The average Bonchev–Trinajstić information content (AvgIpc) is 3.18. The lowest BCUT2D eigenvalue weighted by molar-refractivity contribution is 0.0967. The van der Waals surface area contributed by atoms with Crippen molar-refractivity contribution in [1.82, 2.24) is 10.6 Å². The van der Waals surface area contributed by atoms with Crippen molar-refractivity contribution >= 4 is 34.1 Å². The fourth-order valence-corrected chi connectivity index (χ4v) is 4.40. The van der Waals surface area contributed by atoms with Crippen LogP contribution in [0, 0.1) is 0 Å². The van der Waals surface area contributed by atoms with Crippen molar-refractivity contribution < 1.29 is 55.5 Å². The number of nitrogens with two attached hydrogens (primary N) is 2. The lowest BCUT2D eigenvalue weighted by Crippen LogP contribution is -2.36. The Morgan fingerprint density at radius 3 is 1.07 bits per heavy atom. The second-order valence-corrected chi connectivity index (χ2v) is 11.5. The zero-order valence-corrected chi connectivity index (χ0v) is 31.7. The van der Waals surface area contributed by atoms with Crippen LogP contribution < -0.4 is 50.5 Å². The van der Waals surface area contributed by atoms with Gasteiger partial charge in [-0.3, -0.25) is 29.3 Å². The molecule has 19 heteroatoms. The number of amides is 2. The molecule has 0 aliphatic rings. The van der Waals surface area contributed by atoms with E-state index in [4.69, 9.17) is 57.4 Å². The van der Waals surface area contributed by atoms with Crippen LogP contribution in [-0.2, 0) is 23.5 Å². The van der Waals surface area contributed by atoms with Crippen LogP contribution in [0.4, 0.5) is 0 Å². The van der Waals surface area contributed by atoms with E-state index in [1.807, 2.05) is 60.7 Å². The number of carbonyl (C=O) groups excluding carboxylic acids is 2. The number of hydrogen-bond acceptors (Lipinski definition) is 12. The Morgan fingerprint density at radius 2 is 0.836 bits per heavy atom. The van der Waals surface area contributed by atoms with Crippen molar-refractivity contribution in [2.24, 2.45) is 21.5 Å². The molecule has 0 aliphatic carbocycles. The van der Waals surface area contributed by atoms with E-state index in [-0.39, 0.29) is 11.9 Å². The van der Waals surface area contributed by atoms with Gasteiger partial charge in [0.1, 0.15) is 0 Å². The molecule has 0 fully saturated rings. The molecule has 0 saturated heterocycles. The number of benzene rings is 4. The highest BCUT2D eigenvalue weighted by atomic mass is 32.3. The number of carbonyl (C=O) groups is 2. The summed E-state index contributed by atoms with van der Waals surface area (Å²) >= 11 is 0. The Morgan fingerprint density at radius 1 is 0.564 bits per heavy atom. The monoisotopic (exact) mass is 784 g/mol. The Balaban J connectivity index is 0.000000338. The van der Waals surface area contributed by atoms with Gasteiger partial charge in [-0.1, -0.05) is 60.7 Å². The van der Waals surface area contributed by atoms with E-state index >= 15 is 0 Å². The van der Waals surface area contributed by atoms with Crippen LogP contribution >= 0.6 is 0 Å². The molecule has 2 amide bonds. The molecule has 8 N–H and O–H groups in total. The number of guanidine groups is 2. The first-order chi connectivity index (χ1) is 26.2. The molecule has 0 radical (unpaired) electrons. The highest BCUT2D eigenvalue weighted by molar-refractivity contribution is 7.79. The quantitative estimate of drug-likeness (QED) is 0.0685. The second kappa shape index (κ2) is 22.5. The summed E-state index contributed by atoms with van der Waals surface area (Å²) in [5.41, 5.74) is 14.2. The lowest BCUT2D eigenvalue weighted by atomic mass is 10.1. The van der Waals surface area contributed by atoms with Gasteiger partial charge >= 0.3 is 10.4 Å². The molecule has 0 bridgehead atoms. The summed E-state index contributed by atoms with van der Waals surface area (Å²) in [6, 6.07) is 25.4. The molecule has 4 rings (SSSR count). The molecule has 0 spiro atoms. The summed E-state index contributed by atoms with van der Waals surface area (Å²) in [6.07, 6.45) is 0. The number of nitrogens with zero attached hydrogens (tertiary/aromatic N) is 2. The van der Waals surface area contributed by atoms with E-state index in [1.165, 1.54) is 42.7 Å². The van der Waals surface area contributed by atoms with Crippen molar-refractivity contribution in [2.75, 3.05) is 42.7 Å². The smallest absolute Gasteiger partial charge is 0.394 e. The molecule has 296 valence electrons. The summed E-state index contributed by atoms with van der Waals surface area (Å²) in [6.45, 7) is 0.754. The first kappa shape index (κ1) is 44.6. The number of rotatable bonds is 12. The number of hydrogen-bond donors (Lipinski definition) is 6. The molecule has 4 aromatic rings. The van der Waals surface area contributed by atoms with Gasteiger partial charge in [-0.25, -0.2) is 9.98 Å². The number of ether oxygens (including phenoxy) is 6. The highest BCUT2D eigenvalue weighted by Crippen LogP contribution is 2.39. The largest absolute Gasteiger partial charge is 0.493 e. The SMILES string of the molecule is COc1cc(C(=O)NC(N)=NCc2ccccc2)cc(OC)c1OC.COc1cc(C(=O)NC(N)=NCc2ccccc2)cc(OC)c1OC.O=S(=O)(O)O. The minimum atomic E-state index is -4.67. The van der Waals surface area contributed by atoms with Crippen LogP contribution in [0.15, 0.2) is 94.9 Å². The summed E-state index contributed by atoms with van der Waals surface area (Å²) in [5, 5.41) is 5.09. The summed E-state index contributed by atoms with van der Waals surface area (Å²) < 4.78 is 63.0. The molecule has 0 unspecified atom stereocenters. The molecule has 55 heavy (non-hydrogen) atoms. The lowest BCUT2D eigenvalue weighted by Gasteiger charge is -2.14. The van der Waals surface area contributed by atoms with E-state index in [9.17, 15) is 9.59 Å². The third-order valence-corrected chi connectivity index (χ3v) is 6.89. The van der Waals surface area contributed by atoms with Gasteiger partial charge in [0.2, 0.25) is 11.5 Å². The minimum absolute atomic E-state index is 0.0302. The van der Waals surface area contributed by atoms with E-state index in [1.54, 1.807) is 24.3 Å². The van der Waals surface area contributed by atoms with E-state index < -0.39 is 22.2 Å². The van der Waals surface area contributed by atoms with Crippen molar-refractivity contribution in [2.45, 2.75) is 13.1 Å². The first-order valence-corrected chi connectivity index (χ1v) is 17.2. The fraction of sp³-hybridized carbons (Fsp3) is 0.222. The maximum Gasteiger partial charge on any atom is 0.394 e. The Labute approximate surface area is 318 Å². The Kier molecular flexibility index (Phi) is 18.2. The van der Waals surface area contributed by atoms with Crippen molar-refractivity contribution in [1.29, 1.82) is 0 Å². The Bertz CT molecular complexity index is 1840. The van der Waals surface area contributed by atoms with Crippen LogP contribution in [0.25, 0.3) is 0 Å². The van der Waals surface area contributed by atoms with E-state index in [2.05, 4.69) is 20.6 Å². The summed E-state index contributed by atoms with van der Waals surface area (Å²) in [5.74, 6) is 1.56. The van der Waals surface area contributed by atoms with Gasteiger partial charge in [0, 0.05) is 11.1 Å². The molecule has 0 heterocycles. The summed E-state index contributed by atoms with van der Waals surface area (Å²) in [4.78, 5) is 33.1. The number of nitrogens with one attached hydrogen (secondary N) is 2. The van der Waals surface area contributed by atoms with Gasteiger partial charge in [0.25, 0.3) is 11.8 Å². The standard InChI is InChI=1S/2C18H21N3O4.H2O4S/c2*1-23-14-9-13(10-15(24-2)16(14)25-3)17(22)21-18(19)20-11-12-7-5-4-6-8-12;1-5(2,3)4/h2*4-10H,11H2,1-3H3,(H3,19,20,21,22);(H2,1,2,3,4). The Hall–Kier alpha value is -6.57. The molecule has 0 saturated carbocycles. The molecule has 4 aromatic carbocycles. The highest BCUT2D eigenvalue weighted by Gasteiger charge is 2.19. The molecular formula is C36H44N6O12S. The van der Waals surface area contributed by atoms with Crippen LogP contribution in [0.1, 0.15) is 31.8 Å². The average molecular weight is 785 g/mol. The first-order valence-electron chi connectivity index (χ1n) is 15.8. The van der Waals surface area contributed by atoms with Gasteiger partial charge in [-0.05, 0) is 35.4 Å². The van der Waals surface area contributed by atoms with Crippen molar-refractivity contribution in [3.8, 4) is 34.5 Å². The van der Waals surface area contributed by atoms with Crippen LogP contribution in [0.2, 0.25) is 0 Å². The van der Waals surface area contributed by atoms with Crippen LogP contribution in [0.3, 0.4) is 0 Å². The number of aliphatic imine (C=N–C) groups is 2. The second-order valence-electron chi connectivity index (χ2n) is 10.6. The zero-order valence-electron chi connectivity index (χ0n) is 30.9. The van der Waals surface area contributed by atoms with Gasteiger partial charge in [-0.15, -0.1) is 0 Å². The van der Waals surface area contributed by atoms with Gasteiger partial charge in [-0.2, -0.15) is 8.42 Å². The minimum Gasteiger partial charge on any atom is -0.493 e. The molecule has 0 aliphatic heterocycles. The van der Waals surface area contributed by atoms with Crippen molar-refractivity contribution in [3.63, 3.8) is 0 Å². The topological polar surface area (TPSA) is 265 Å². The van der Waals surface area contributed by atoms with E-state index in [0.717, 1.165) is 11.1 Å². The van der Waals surface area contributed by atoms with Crippen molar-refractivity contribution in [3.05, 3.63) is 107 Å². The number of methoxy groups -OCH3 is 6. The maximum atomic E-state index is 12.4.